The molecule has 2 aromatic heterocycles. The van der Waals surface area contributed by atoms with Gasteiger partial charge in [0.1, 0.15) is 11.5 Å². The van der Waals surface area contributed by atoms with Crippen molar-refractivity contribution in [2.24, 2.45) is 0 Å². The number of nitrogens with one attached hydrogen (secondary N) is 1. The average Bonchev–Trinajstić information content (AvgIpc) is 3.17. The van der Waals surface area contributed by atoms with Crippen molar-refractivity contribution in [1.82, 2.24) is 25.1 Å². The minimum atomic E-state index is -0.145. The van der Waals surface area contributed by atoms with Crippen molar-refractivity contribution in [1.29, 1.82) is 0 Å². The Morgan fingerprint density at radius 2 is 1.18 bits per heavy atom. The van der Waals surface area contributed by atoms with Crippen molar-refractivity contribution in [3.05, 3.63) is 120 Å². The predicted molar refractivity (Wildman–Crippen MR) is 192 cm³/mol. The molecule has 9 heteroatoms. The summed E-state index contributed by atoms with van der Waals surface area (Å²) < 4.78 is 10.8. The molecule has 3 heterocycles. The predicted octanol–water partition coefficient (Wildman–Crippen LogP) is 6.32. The van der Waals surface area contributed by atoms with Crippen LogP contribution in [0.2, 0.25) is 0 Å². The first-order chi connectivity index (χ1) is 24.0. The van der Waals surface area contributed by atoms with Crippen LogP contribution in [0.15, 0.2) is 109 Å². The fraction of sp³-hybridized carbons (Fsp3) is 0.200. The molecule has 0 radical (unpaired) electrons. The molecule has 1 fully saturated rings. The lowest BCUT2D eigenvalue weighted by Crippen LogP contribution is -2.50. The highest BCUT2D eigenvalue weighted by atomic mass is 16.5. The van der Waals surface area contributed by atoms with Crippen LogP contribution in [-0.4, -0.2) is 85.1 Å². The van der Waals surface area contributed by atoms with Crippen LogP contribution in [0.25, 0.3) is 44.3 Å². The van der Waals surface area contributed by atoms with Crippen molar-refractivity contribution in [2.45, 2.75) is 0 Å². The molecule has 6 aromatic rings. The Bertz CT molecular complexity index is 2160. The molecule has 1 saturated heterocycles. The van der Waals surface area contributed by atoms with E-state index in [1.165, 1.54) is 0 Å². The molecule has 1 aliphatic heterocycles. The SMILES string of the molecule is COc1cccc(-c2cc(C(=O)NCCN3CCN(C(=O)c4cc(-c5cccc(OC)c5)nc5ccccc45)CC3)c3ccccc3n2)c1. The summed E-state index contributed by atoms with van der Waals surface area (Å²) in [6, 6.07) is 34.6. The molecule has 49 heavy (non-hydrogen) atoms. The summed E-state index contributed by atoms with van der Waals surface area (Å²) in [4.78, 5) is 41.3. The second-order valence-corrected chi connectivity index (χ2v) is 12.0. The molecule has 7 rings (SSSR count). The van der Waals surface area contributed by atoms with Crippen molar-refractivity contribution >= 4 is 33.6 Å². The summed E-state index contributed by atoms with van der Waals surface area (Å²) in [5, 5.41) is 4.76. The number of carbonyl (C=O) groups excluding carboxylic acids is 2. The Morgan fingerprint density at radius 1 is 0.653 bits per heavy atom. The largest absolute Gasteiger partial charge is 0.497 e. The molecular weight excluding hydrogens is 614 g/mol. The quantitative estimate of drug-likeness (QED) is 0.195. The number of amides is 2. The fourth-order valence-corrected chi connectivity index (χ4v) is 6.34. The number of methoxy groups -OCH3 is 2. The monoisotopic (exact) mass is 651 g/mol. The standard InChI is InChI=1S/C40H37N5O4/c1-48-29-11-7-9-27(23-29)37-25-33(31-13-3-5-15-35(31)42-37)39(46)41-17-18-44-19-21-45(22-20-44)40(47)34-26-38(28-10-8-12-30(24-28)49-2)43-36-16-6-4-14-32(34)36/h3-16,23-26H,17-22H2,1-2H3,(H,41,46). The van der Waals surface area contributed by atoms with E-state index < -0.39 is 0 Å². The number of fused-ring (bicyclic) bond motifs is 2. The van der Waals surface area contributed by atoms with E-state index >= 15 is 0 Å². The summed E-state index contributed by atoms with van der Waals surface area (Å²) in [5.74, 6) is 1.31. The number of piperazine rings is 1. The van der Waals surface area contributed by atoms with Crippen LogP contribution < -0.4 is 14.8 Å². The van der Waals surface area contributed by atoms with E-state index in [0.717, 1.165) is 50.1 Å². The van der Waals surface area contributed by atoms with E-state index in [4.69, 9.17) is 19.4 Å². The van der Waals surface area contributed by atoms with E-state index in [-0.39, 0.29) is 11.8 Å². The van der Waals surface area contributed by atoms with Gasteiger partial charge in [-0.15, -0.1) is 0 Å². The lowest BCUT2D eigenvalue weighted by atomic mass is 10.0. The number of hydrogen-bond donors (Lipinski definition) is 1. The highest BCUT2D eigenvalue weighted by Gasteiger charge is 2.25. The molecule has 9 nitrogen and oxygen atoms in total. The first-order valence-electron chi connectivity index (χ1n) is 16.4. The number of pyridine rings is 2. The third kappa shape index (κ3) is 6.79. The fourth-order valence-electron chi connectivity index (χ4n) is 6.34. The zero-order valence-corrected chi connectivity index (χ0v) is 27.6. The number of hydrogen-bond acceptors (Lipinski definition) is 7. The van der Waals surface area contributed by atoms with Crippen molar-refractivity contribution in [3.63, 3.8) is 0 Å². The van der Waals surface area contributed by atoms with Gasteiger partial charge in [0.05, 0.1) is 47.8 Å². The molecular formula is C40H37N5O4. The van der Waals surface area contributed by atoms with E-state index in [1.807, 2.05) is 114 Å². The Hall–Kier alpha value is -5.80. The van der Waals surface area contributed by atoms with E-state index in [9.17, 15) is 9.59 Å². The smallest absolute Gasteiger partial charge is 0.254 e. The molecule has 0 unspecified atom stereocenters. The van der Waals surface area contributed by atoms with Crippen LogP contribution in [-0.2, 0) is 0 Å². The van der Waals surface area contributed by atoms with Gasteiger partial charge in [-0.25, -0.2) is 9.97 Å². The molecule has 0 spiro atoms. The highest BCUT2D eigenvalue weighted by Crippen LogP contribution is 2.29. The Morgan fingerprint density at radius 3 is 1.76 bits per heavy atom. The van der Waals surface area contributed by atoms with Crippen LogP contribution in [0.5, 0.6) is 11.5 Å². The molecule has 0 aliphatic carbocycles. The normalized spacial score (nSPS) is 13.4. The first-order valence-corrected chi connectivity index (χ1v) is 16.4. The maximum absolute atomic E-state index is 13.9. The van der Waals surface area contributed by atoms with Gasteiger partial charge in [-0.05, 0) is 48.5 Å². The molecule has 246 valence electrons. The number of nitrogens with zero attached hydrogens (tertiary/aromatic N) is 4. The van der Waals surface area contributed by atoms with E-state index in [0.29, 0.717) is 56.1 Å². The third-order valence-corrected chi connectivity index (χ3v) is 9.01. The van der Waals surface area contributed by atoms with E-state index in [2.05, 4.69) is 10.2 Å². The topological polar surface area (TPSA) is 96.9 Å². The summed E-state index contributed by atoms with van der Waals surface area (Å²) in [5.41, 5.74) is 5.96. The van der Waals surface area contributed by atoms with Gasteiger partial charge in [-0.2, -0.15) is 0 Å². The molecule has 0 atom stereocenters. The van der Waals surface area contributed by atoms with Gasteiger partial charge < -0.3 is 19.7 Å². The summed E-state index contributed by atoms with van der Waals surface area (Å²) in [6.07, 6.45) is 0. The Labute approximate surface area is 285 Å². The van der Waals surface area contributed by atoms with Crippen LogP contribution >= 0.6 is 0 Å². The molecule has 0 saturated carbocycles. The summed E-state index contributed by atoms with van der Waals surface area (Å²) in [6.45, 7) is 3.78. The van der Waals surface area contributed by atoms with Gasteiger partial charge in [-0.3, -0.25) is 14.5 Å². The van der Waals surface area contributed by atoms with Crippen LogP contribution in [0, 0.1) is 0 Å². The van der Waals surface area contributed by atoms with Gasteiger partial charge >= 0.3 is 0 Å². The Balaban J connectivity index is 1.01. The van der Waals surface area contributed by atoms with Gasteiger partial charge in [-0.1, -0.05) is 60.7 Å². The van der Waals surface area contributed by atoms with Gasteiger partial charge in [0.15, 0.2) is 0 Å². The minimum Gasteiger partial charge on any atom is -0.497 e. The number of carbonyl (C=O) groups is 2. The van der Waals surface area contributed by atoms with Crippen LogP contribution in [0.3, 0.4) is 0 Å². The van der Waals surface area contributed by atoms with Crippen LogP contribution in [0.1, 0.15) is 20.7 Å². The zero-order valence-electron chi connectivity index (χ0n) is 27.6. The van der Waals surface area contributed by atoms with Gasteiger partial charge in [0.25, 0.3) is 11.8 Å². The molecule has 4 aromatic carbocycles. The number of para-hydroxylation sites is 2. The number of aromatic nitrogens is 2. The first kappa shape index (κ1) is 31.8. The minimum absolute atomic E-state index is 0.00731. The number of benzene rings is 4. The summed E-state index contributed by atoms with van der Waals surface area (Å²) in [7, 11) is 3.27. The highest BCUT2D eigenvalue weighted by molar-refractivity contribution is 6.08. The second kappa shape index (κ2) is 14.1. The average molecular weight is 652 g/mol. The molecule has 1 aliphatic rings. The third-order valence-electron chi connectivity index (χ3n) is 9.01. The maximum atomic E-state index is 13.9. The summed E-state index contributed by atoms with van der Waals surface area (Å²) >= 11 is 0. The second-order valence-electron chi connectivity index (χ2n) is 12.0. The van der Waals surface area contributed by atoms with E-state index in [1.54, 1.807) is 14.2 Å². The molecule has 1 N–H and O–H groups in total. The van der Waals surface area contributed by atoms with Crippen LogP contribution in [0.4, 0.5) is 0 Å². The molecule has 0 bridgehead atoms. The maximum Gasteiger partial charge on any atom is 0.254 e. The lowest BCUT2D eigenvalue weighted by Gasteiger charge is -2.35. The number of rotatable bonds is 9. The van der Waals surface area contributed by atoms with Crippen molar-refractivity contribution < 1.29 is 19.1 Å². The molecule has 2 amide bonds. The van der Waals surface area contributed by atoms with Gasteiger partial charge in [0.2, 0.25) is 0 Å². The van der Waals surface area contributed by atoms with Crippen molar-refractivity contribution in [2.75, 3.05) is 53.5 Å². The Kier molecular flexibility index (Phi) is 9.16. The van der Waals surface area contributed by atoms with Gasteiger partial charge in [0, 0.05) is 61.2 Å². The lowest BCUT2D eigenvalue weighted by molar-refractivity contribution is 0.0640. The van der Waals surface area contributed by atoms with Crippen molar-refractivity contribution in [3.8, 4) is 34.0 Å². The zero-order chi connectivity index (χ0) is 33.7. The number of ether oxygens (including phenoxy) is 2.